The van der Waals surface area contributed by atoms with Crippen LogP contribution in [0.5, 0.6) is 0 Å². The summed E-state index contributed by atoms with van der Waals surface area (Å²) in [4.78, 5) is 0. The molecule has 2 atom stereocenters. The summed E-state index contributed by atoms with van der Waals surface area (Å²) in [7, 11) is 0. The Morgan fingerprint density at radius 2 is 1.33 bits per heavy atom. The minimum atomic E-state index is -0.113. The van der Waals surface area contributed by atoms with Crippen LogP contribution >= 0.6 is 0 Å². The lowest BCUT2D eigenvalue weighted by molar-refractivity contribution is -0.0693. The minimum absolute atomic E-state index is 0.113. The van der Waals surface area contributed by atoms with Gasteiger partial charge in [-0.2, -0.15) is 0 Å². The second kappa shape index (κ2) is 13.9. The predicted octanol–water partition coefficient (Wildman–Crippen LogP) is 4.87. The fourth-order valence-electron chi connectivity index (χ4n) is 3.21. The Bertz CT molecular complexity index is 344. The van der Waals surface area contributed by atoms with Crippen LogP contribution in [0.15, 0.2) is 0 Å². The van der Waals surface area contributed by atoms with Crippen molar-refractivity contribution in [3.8, 4) is 0 Å². The Morgan fingerprint density at radius 3 is 1.74 bits per heavy atom. The van der Waals surface area contributed by atoms with Gasteiger partial charge in [-0.1, -0.05) is 41.5 Å². The molecule has 0 bridgehead atoms. The van der Waals surface area contributed by atoms with Crippen molar-refractivity contribution >= 4 is 0 Å². The molecular formula is C23H50N2O2. The van der Waals surface area contributed by atoms with Crippen LogP contribution < -0.4 is 10.6 Å². The maximum absolute atomic E-state index is 6.37. The number of hydrogen-bond donors (Lipinski definition) is 2. The van der Waals surface area contributed by atoms with E-state index in [4.69, 9.17) is 9.47 Å². The Hall–Kier alpha value is -0.160. The van der Waals surface area contributed by atoms with Crippen LogP contribution in [0.1, 0.15) is 82.1 Å². The Balaban J connectivity index is 4.62. The lowest BCUT2D eigenvalue weighted by atomic mass is 9.84. The van der Waals surface area contributed by atoms with Crippen LogP contribution in [0.25, 0.3) is 0 Å². The van der Waals surface area contributed by atoms with Gasteiger partial charge in [0.2, 0.25) is 0 Å². The number of ether oxygens (including phenoxy) is 2. The molecule has 0 aromatic heterocycles. The molecule has 0 radical (unpaired) electrons. The van der Waals surface area contributed by atoms with E-state index in [0.717, 1.165) is 39.1 Å². The van der Waals surface area contributed by atoms with Crippen molar-refractivity contribution in [2.24, 2.45) is 17.8 Å². The van der Waals surface area contributed by atoms with Crippen LogP contribution in [-0.4, -0.2) is 50.1 Å². The molecule has 0 rings (SSSR count). The van der Waals surface area contributed by atoms with Gasteiger partial charge in [-0.05, 0) is 65.5 Å². The zero-order chi connectivity index (χ0) is 21.0. The first-order valence-electron chi connectivity index (χ1n) is 11.2. The lowest BCUT2D eigenvalue weighted by Crippen LogP contribution is -2.41. The molecule has 0 aromatic rings. The van der Waals surface area contributed by atoms with Gasteiger partial charge in [0.15, 0.2) is 0 Å². The van der Waals surface area contributed by atoms with Crippen LogP contribution in [0, 0.1) is 17.8 Å². The van der Waals surface area contributed by atoms with Crippen molar-refractivity contribution in [1.29, 1.82) is 0 Å². The molecule has 0 spiro atoms. The van der Waals surface area contributed by atoms with E-state index in [1.165, 1.54) is 0 Å². The van der Waals surface area contributed by atoms with E-state index in [0.29, 0.717) is 29.8 Å². The summed E-state index contributed by atoms with van der Waals surface area (Å²) < 4.78 is 12.2. The molecule has 0 aliphatic heterocycles. The van der Waals surface area contributed by atoms with Crippen molar-refractivity contribution < 1.29 is 9.47 Å². The van der Waals surface area contributed by atoms with E-state index in [9.17, 15) is 0 Å². The SMILES string of the molecule is CCC(COC(C)C)COC(C)(C)CC(C)C(CNC(C)C)CNC(C)C. The first-order chi connectivity index (χ1) is 12.5. The van der Waals surface area contributed by atoms with Gasteiger partial charge in [0.1, 0.15) is 0 Å². The van der Waals surface area contributed by atoms with E-state index in [2.05, 4.69) is 79.9 Å². The second-order valence-electron chi connectivity index (χ2n) is 9.79. The average molecular weight is 387 g/mol. The van der Waals surface area contributed by atoms with E-state index in [-0.39, 0.29) is 11.7 Å². The molecule has 0 fully saturated rings. The third-order valence-electron chi connectivity index (χ3n) is 5.15. The third-order valence-corrected chi connectivity index (χ3v) is 5.15. The van der Waals surface area contributed by atoms with Gasteiger partial charge in [-0.3, -0.25) is 0 Å². The fourth-order valence-corrected chi connectivity index (χ4v) is 3.21. The predicted molar refractivity (Wildman–Crippen MR) is 118 cm³/mol. The van der Waals surface area contributed by atoms with E-state index >= 15 is 0 Å². The summed E-state index contributed by atoms with van der Waals surface area (Å²) in [6.45, 7) is 25.8. The molecule has 0 heterocycles. The molecule has 0 amide bonds. The molecule has 27 heavy (non-hydrogen) atoms. The highest BCUT2D eigenvalue weighted by molar-refractivity contribution is 4.80. The quantitative estimate of drug-likeness (QED) is 0.397. The third kappa shape index (κ3) is 14.5. The zero-order valence-corrected chi connectivity index (χ0v) is 20.0. The smallest absolute Gasteiger partial charge is 0.0629 e. The van der Waals surface area contributed by atoms with Crippen LogP contribution in [0.4, 0.5) is 0 Å². The van der Waals surface area contributed by atoms with Gasteiger partial charge in [0, 0.05) is 18.0 Å². The van der Waals surface area contributed by atoms with Gasteiger partial charge in [-0.25, -0.2) is 0 Å². The number of rotatable bonds is 16. The monoisotopic (exact) mass is 386 g/mol. The lowest BCUT2D eigenvalue weighted by Gasteiger charge is -2.34. The first kappa shape index (κ1) is 26.8. The van der Waals surface area contributed by atoms with Crippen LogP contribution in [0.3, 0.4) is 0 Å². The van der Waals surface area contributed by atoms with Crippen molar-refractivity contribution in [2.75, 3.05) is 26.3 Å². The number of nitrogens with one attached hydrogen (secondary N) is 2. The number of hydrogen-bond acceptors (Lipinski definition) is 4. The maximum Gasteiger partial charge on any atom is 0.0629 e. The second-order valence-corrected chi connectivity index (χ2v) is 9.79. The normalized spacial score (nSPS) is 15.3. The first-order valence-corrected chi connectivity index (χ1v) is 11.2. The van der Waals surface area contributed by atoms with Crippen LogP contribution in [-0.2, 0) is 9.47 Å². The topological polar surface area (TPSA) is 42.5 Å². The van der Waals surface area contributed by atoms with Crippen molar-refractivity contribution in [3.05, 3.63) is 0 Å². The molecule has 2 N–H and O–H groups in total. The van der Waals surface area contributed by atoms with Gasteiger partial charge in [-0.15, -0.1) is 0 Å². The molecular weight excluding hydrogens is 336 g/mol. The van der Waals surface area contributed by atoms with E-state index < -0.39 is 0 Å². The van der Waals surface area contributed by atoms with E-state index in [1.807, 2.05) is 0 Å². The minimum Gasteiger partial charge on any atom is -0.378 e. The van der Waals surface area contributed by atoms with Gasteiger partial charge in [0.25, 0.3) is 0 Å². The van der Waals surface area contributed by atoms with E-state index in [1.54, 1.807) is 0 Å². The maximum atomic E-state index is 6.37. The van der Waals surface area contributed by atoms with Crippen molar-refractivity contribution in [2.45, 2.75) is 106 Å². The average Bonchev–Trinajstić information content (AvgIpc) is 2.53. The standard InChI is InChI=1S/C23H50N2O2/c1-11-21(15-26-19(6)7)16-27-23(9,10)12-20(8)22(13-24-17(2)3)14-25-18(4)5/h17-22,24-25H,11-16H2,1-10H3. The highest BCUT2D eigenvalue weighted by Crippen LogP contribution is 2.26. The largest absolute Gasteiger partial charge is 0.378 e. The molecule has 0 aliphatic carbocycles. The zero-order valence-electron chi connectivity index (χ0n) is 20.0. The van der Waals surface area contributed by atoms with Gasteiger partial charge in [0.05, 0.1) is 24.9 Å². The highest BCUT2D eigenvalue weighted by atomic mass is 16.5. The van der Waals surface area contributed by atoms with Crippen LogP contribution in [0.2, 0.25) is 0 Å². The van der Waals surface area contributed by atoms with Gasteiger partial charge < -0.3 is 20.1 Å². The molecule has 4 nitrogen and oxygen atoms in total. The molecule has 0 saturated carbocycles. The fraction of sp³-hybridized carbons (Fsp3) is 1.00. The summed E-state index contributed by atoms with van der Waals surface area (Å²) >= 11 is 0. The molecule has 0 aromatic carbocycles. The van der Waals surface area contributed by atoms with Crippen molar-refractivity contribution in [3.63, 3.8) is 0 Å². The summed E-state index contributed by atoms with van der Waals surface area (Å²) in [5.74, 6) is 1.66. The summed E-state index contributed by atoms with van der Waals surface area (Å²) in [6.07, 6.45) is 2.45. The molecule has 2 unspecified atom stereocenters. The Labute approximate surface area is 170 Å². The molecule has 4 heteroatoms. The summed E-state index contributed by atoms with van der Waals surface area (Å²) in [6, 6.07) is 1.04. The molecule has 0 aliphatic rings. The summed E-state index contributed by atoms with van der Waals surface area (Å²) in [5, 5.41) is 7.25. The molecule has 0 saturated heterocycles. The Morgan fingerprint density at radius 1 is 0.815 bits per heavy atom. The highest BCUT2D eigenvalue weighted by Gasteiger charge is 2.27. The Kier molecular flexibility index (Phi) is 13.8. The molecule has 164 valence electrons. The summed E-state index contributed by atoms with van der Waals surface area (Å²) in [5.41, 5.74) is -0.113. The van der Waals surface area contributed by atoms with Crippen molar-refractivity contribution in [1.82, 2.24) is 10.6 Å². The van der Waals surface area contributed by atoms with Gasteiger partial charge >= 0.3 is 0 Å².